The van der Waals surface area contributed by atoms with Crippen molar-refractivity contribution in [3.8, 4) is 0 Å². The Morgan fingerprint density at radius 2 is 1.82 bits per heavy atom. The fraction of sp³-hybridized carbons (Fsp3) is 0.333. The van der Waals surface area contributed by atoms with Crippen LogP contribution in [0.1, 0.15) is 11.1 Å². The summed E-state index contributed by atoms with van der Waals surface area (Å²) in [6, 6.07) is 13.7. The van der Waals surface area contributed by atoms with Gasteiger partial charge in [-0.05, 0) is 54.5 Å². The first kappa shape index (κ1) is 20.4. The van der Waals surface area contributed by atoms with E-state index in [1.807, 2.05) is 36.4 Å². The lowest BCUT2D eigenvalue weighted by Gasteiger charge is -2.38. The number of carbonyl (C=O) groups is 1. The number of benzene rings is 2. The van der Waals surface area contributed by atoms with Crippen molar-refractivity contribution in [3.05, 3.63) is 58.6 Å². The van der Waals surface area contributed by atoms with Crippen molar-refractivity contribution < 1.29 is 9.53 Å². The Morgan fingerprint density at radius 1 is 1.14 bits per heavy atom. The van der Waals surface area contributed by atoms with Crippen molar-refractivity contribution in [2.75, 3.05) is 43.5 Å². The smallest absolute Gasteiger partial charge is 0.309 e. The molecule has 0 saturated carbocycles. The Balaban J connectivity index is 1.54. The summed E-state index contributed by atoms with van der Waals surface area (Å²) in [7, 11) is 1.39. The standard InChI is InChI=1S/C21H24ClN3O2S/c1-15-3-6-17(22)14-19(15)24-9-11-25(12-10-24)21(28)23-18-7-4-16(5-8-18)13-20(26)27-2/h3-8,14H,9-13H2,1-2H3,(H,23,28). The first-order chi connectivity index (χ1) is 13.5. The summed E-state index contributed by atoms with van der Waals surface area (Å²) >= 11 is 11.7. The molecule has 0 aromatic heterocycles. The van der Waals surface area contributed by atoms with E-state index in [0.29, 0.717) is 5.11 Å². The summed E-state index contributed by atoms with van der Waals surface area (Å²) in [5.74, 6) is -0.246. The van der Waals surface area contributed by atoms with Crippen LogP contribution in [-0.2, 0) is 16.0 Å². The Morgan fingerprint density at radius 3 is 2.46 bits per heavy atom. The molecule has 0 amide bonds. The van der Waals surface area contributed by atoms with Crippen LogP contribution in [0.2, 0.25) is 5.02 Å². The average molecular weight is 418 g/mol. The summed E-state index contributed by atoms with van der Waals surface area (Å²) in [5.41, 5.74) is 4.23. The van der Waals surface area contributed by atoms with E-state index in [4.69, 9.17) is 23.8 Å². The van der Waals surface area contributed by atoms with E-state index in [1.165, 1.54) is 18.4 Å². The SMILES string of the molecule is COC(=O)Cc1ccc(NC(=S)N2CCN(c3cc(Cl)ccc3C)CC2)cc1. The molecular formula is C21H24ClN3O2S. The van der Waals surface area contributed by atoms with Gasteiger partial charge in [0.15, 0.2) is 5.11 Å². The summed E-state index contributed by atoms with van der Waals surface area (Å²) in [6.45, 7) is 5.58. The second kappa shape index (κ2) is 9.26. The quantitative estimate of drug-likeness (QED) is 0.601. The van der Waals surface area contributed by atoms with Crippen molar-refractivity contribution in [2.45, 2.75) is 13.3 Å². The van der Waals surface area contributed by atoms with E-state index < -0.39 is 0 Å². The summed E-state index contributed by atoms with van der Waals surface area (Å²) in [5, 5.41) is 4.75. The second-order valence-corrected chi connectivity index (χ2v) is 7.61. The van der Waals surface area contributed by atoms with Crippen molar-refractivity contribution in [1.29, 1.82) is 0 Å². The maximum atomic E-state index is 11.3. The molecule has 1 fully saturated rings. The third kappa shape index (κ3) is 5.14. The van der Waals surface area contributed by atoms with E-state index >= 15 is 0 Å². The minimum absolute atomic E-state index is 0.246. The summed E-state index contributed by atoms with van der Waals surface area (Å²) in [6.07, 6.45) is 0.270. The first-order valence-corrected chi connectivity index (χ1v) is 9.97. The molecule has 0 aliphatic carbocycles. The lowest BCUT2D eigenvalue weighted by Crippen LogP contribution is -2.50. The van der Waals surface area contributed by atoms with E-state index in [1.54, 1.807) is 0 Å². The van der Waals surface area contributed by atoms with E-state index in [9.17, 15) is 4.79 Å². The van der Waals surface area contributed by atoms with Crippen LogP contribution in [0.25, 0.3) is 0 Å². The molecule has 148 valence electrons. The molecule has 0 atom stereocenters. The van der Waals surface area contributed by atoms with E-state index in [-0.39, 0.29) is 12.4 Å². The number of nitrogens with zero attached hydrogens (tertiary/aromatic N) is 2. The highest BCUT2D eigenvalue weighted by Crippen LogP contribution is 2.25. The zero-order valence-corrected chi connectivity index (χ0v) is 17.6. The van der Waals surface area contributed by atoms with Gasteiger partial charge in [0.1, 0.15) is 0 Å². The molecule has 0 unspecified atom stereocenters. The van der Waals surface area contributed by atoms with Crippen molar-refractivity contribution >= 4 is 46.3 Å². The fourth-order valence-electron chi connectivity index (χ4n) is 3.22. The topological polar surface area (TPSA) is 44.8 Å². The summed E-state index contributed by atoms with van der Waals surface area (Å²) in [4.78, 5) is 15.9. The van der Waals surface area contributed by atoms with Crippen LogP contribution in [0.15, 0.2) is 42.5 Å². The molecule has 28 heavy (non-hydrogen) atoms. The van der Waals surface area contributed by atoms with Gasteiger partial charge in [0.05, 0.1) is 13.5 Å². The molecule has 2 aromatic carbocycles. The minimum Gasteiger partial charge on any atom is -0.469 e. The molecule has 0 radical (unpaired) electrons. The molecule has 7 heteroatoms. The van der Waals surface area contributed by atoms with Crippen LogP contribution in [-0.4, -0.2) is 49.3 Å². The molecule has 1 aliphatic rings. The number of methoxy groups -OCH3 is 1. The number of anilines is 2. The molecule has 0 spiro atoms. The van der Waals surface area contributed by atoms with Crippen molar-refractivity contribution in [3.63, 3.8) is 0 Å². The van der Waals surface area contributed by atoms with Crippen molar-refractivity contribution in [1.82, 2.24) is 4.90 Å². The van der Waals surface area contributed by atoms with Gasteiger partial charge in [-0.1, -0.05) is 29.8 Å². The lowest BCUT2D eigenvalue weighted by molar-refractivity contribution is -0.139. The fourth-order valence-corrected chi connectivity index (χ4v) is 3.69. The van der Waals surface area contributed by atoms with Crippen LogP contribution in [0.4, 0.5) is 11.4 Å². The van der Waals surface area contributed by atoms with Gasteiger partial charge in [-0.15, -0.1) is 0 Å². The molecule has 3 rings (SSSR count). The number of esters is 1. The number of nitrogens with one attached hydrogen (secondary N) is 1. The highest BCUT2D eigenvalue weighted by molar-refractivity contribution is 7.80. The van der Waals surface area contributed by atoms with Crippen LogP contribution >= 0.6 is 23.8 Å². The van der Waals surface area contributed by atoms with Crippen LogP contribution in [0, 0.1) is 6.92 Å². The number of aryl methyl sites for hydroxylation is 1. The summed E-state index contributed by atoms with van der Waals surface area (Å²) < 4.78 is 4.69. The lowest BCUT2D eigenvalue weighted by atomic mass is 10.1. The van der Waals surface area contributed by atoms with Gasteiger partial charge in [0.25, 0.3) is 0 Å². The average Bonchev–Trinajstić information content (AvgIpc) is 2.71. The molecule has 1 heterocycles. The number of hydrogen-bond acceptors (Lipinski definition) is 4. The highest BCUT2D eigenvalue weighted by atomic mass is 35.5. The molecule has 2 aromatic rings. The van der Waals surface area contributed by atoms with Gasteiger partial charge in [-0.3, -0.25) is 4.79 Å². The minimum atomic E-state index is -0.246. The third-order valence-corrected chi connectivity index (χ3v) is 5.46. The Kier molecular flexibility index (Phi) is 6.75. The molecular weight excluding hydrogens is 394 g/mol. The van der Waals surface area contributed by atoms with Gasteiger partial charge >= 0.3 is 5.97 Å². The van der Waals surface area contributed by atoms with E-state index in [2.05, 4.69) is 32.8 Å². The monoisotopic (exact) mass is 417 g/mol. The van der Waals surface area contributed by atoms with E-state index in [0.717, 1.165) is 42.5 Å². The van der Waals surface area contributed by atoms with Gasteiger partial charge < -0.3 is 19.9 Å². The van der Waals surface area contributed by atoms with Crippen molar-refractivity contribution in [2.24, 2.45) is 0 Å². The first-order valence-electron chi connectivity index (χ1n) is 9.19. The maximum absolute atomic E-state index is 11.3. The van der Waals surface area contributed by atoms with Gasteiger partial charge in [-0.25, -0.2) is 0 Å². The zero-order chi connectivity index (χ0) is 20.1. The number of piperazine rings is 1. The number of halogens is 1. The number of thiocarbonyl (C=S) groups is 1. The zero-order valence-electron chi connectivity index (χ0n) is 16.1. The Hall–Kier alpha value is -2.31. The number of hydrogen-bond donors (Lipinski definition) is 1. The second-order valence-electron chi connectivity index (χ2n) is 6.78. The van der Waals surface area contributed by atoms with Gasteiger partial charge in [0, 0.05) is 42.6 Å². The molecule has 0 bridgehead atoms. The Labute approximate surface area is 176 Å². The largest absolute Gasteiger partial charge is 0.469 e. The predicted octanol–water partition coefficient (Wildman–Crippen LogP) is 3.88. The van der Waals surface area contributed by atoms with Gasteiger partial charge in [0.2, 0.25) is 0 Å². The number of rotatable bonds is 4. The molecule has 5 nitrogen and oxygen atoms in total. The maximum Gasteiger partial charge on any atom is 0.309 e. The molecule has 1 aliphatic heterocycles. The van der Waals surface area contributed by atoms with Crippen LogP contribution < -0.4 is 10.2 Å². The van der Waals surface area contributed by atoms with Gasteiger partial charge in [-0.2, -0.15) is 0 Å². The Bertz CT molecular complexity index is 849. The molecule has 1 saturated heterocycles. The normalized spacial score (nSPS) is 14.0. The number of ether oxygens (including phenoxy) is 1. The molecule has 1 N–H and O–H groups in total. The highest BCUT2D eigenvalue weighted by Gasteiger charge is 2.20. The third-order valence-electron chi connectivity index (χ3n) is 4.86. The van der Waals surface area contributed by atoms with Crippen LogP contribution in [0.3, 0.4) is 0 Å². The number of carbonyl (C=O) groups excluding carboxylic acids is 1. The predicted molar refractivity (Wildman–Crippen MR) is 118 cm³/mol. The van der Waals surface area contributed by atoms with Crippen LogP contribution in [0.5, 0.6) is 0 Å².